The van der Waals surface area contributed by atoms with Crippen LogP contribution in [0.1, 0.15) is 43.9 Å². The van der Waals surface area contributed by atoms with Crippen LogP contribution in [0.25, 0.3) is 0 Å². The zero-order chi connectivity index (χ0) is 13.8. The Hall–Kier alpha value is -1.35. The lowest BCUT2D eigenvalue weighted by Crippen LogP contribution is -2.51. The highest BCUT2D eigenvalue weighted by atomic mass is 16.2. The highest BCUT2D eigenvalue weighted by Gasteiger charge is 2.31. The SMILES string of the molecule is CCNC1CCCN(C(C)c2ccc(C)cc2)C1=O. The molecule has 1 aliphatic heterocycles. The van der Waals surface area contributed by atoms with Crippen molar-refractivity contribution in [3.05, 3.63) is 35.4 Å². The Morgan fingerprint density at radius 3 is 2.68 bits per heavy atom. The summed E-state index contributed by atoms with van der Waals surface area (Å²) in [6.45, 7) is 7.98. The van der Waals surface area contributed by atoms with Crippen LogP contribution in [0.2, 0.25) is 0 Å². The number of benzene rings is 1. The normalized spacial score (nSPS) is 21.5. The van der Waals surface area contributed by atoms with E-state index >= 15 is 0 Å². The molecule has 0 saturated carbocycles. The number of carbonyl (C=O) groups is 1. The third-order valence-electron chi connectivity index (χ3n) is 3.95. The van der Waals surface area contributed by atoms with E-state index in [2.05, 4.69) is 50.4 Å². The van der Waals surface area contributed by atoms with Gasteiger partial charge in [0, 0.05) is 6.54 Å². The molecule has 2 atom stereocenters. The van der Waals surface area contributed by atoms with E-state index in [1.54, 1.807) is 0 Å². The predicted molar refractivity (Wildman–Crippen MR) is 78.0 cm³/mol. The van der Waals surface area contributed by atoms with Gasteiger partial charge in [0.2, 0.25) is 5.91 Å². The molecule has 2 rings (SSSR count). The first kappa shape index (κ1) is 14.1. The molecular weight excluding hydrogens is 236 g/mol. The Kier molecular flexibility index (Phi) is 4.59. The minimum absolute atomic E-state index is 0.00616. The van der Waals surface area contributed by atoms with Crippen molar-refractivity contribution in [2.45, 2.75) is 45.7 Å². The van der Waals surface area contributed by atoms with Crippen LogP contribution in [0, 0.1) is 6.92 Å². The third kappa shape index (κ3) is 3.16. The molecule has 0 aromatic heterocycles. The Balaban J connectivity index is 2.11. The van der Waals surface area contributed by atoms with Crippen LogP contribution in [0.5, 0.6) is 0 Å². The summed E-state index contributed by atoms with van der Waals surface area (Å²) in [4.78, 5) is 14.5. The standard InChI is InChI=1S/C16H24N2O/c1-4-17-15-6-5-11-18(16(15)19)13(3)14-9-7-12(2)8-10-14/h7-10,13,15,17H,4-6,11H2,1-3H3. The molecule has 0 bridgehead atoms. The molecule has 1 saturated heterocycles. The van der Waals surface area contributed by atoms with Gasteiger partial charge in [-0.2, -0.15) is 0 Å². The van der Waals surface area contributed by atoms with Crippen molar-refractivity contribution in [2.75, 3.05) is 13.1 Å². The minimum Gasteiger partial charge on any atom is -0.335 e. The molecule has 1 amide bonds. The van der Waals surface area contributed by atoms with E-state index in [1.807, 2.05) is 4.90 Å². The van der Waals surface area contributed by atoms with E-state index in [4.69, 9.17) is 0 Å². The average Bonchev–Trinajstić information content (AvgIpc) is 2.41. The molecule has 1 aromatic rings. The second kappa shape index (κ2) is 6.20. The summed E-state index contributed by atoms with van der Waals surface area (Å²) in [6, 6.07) is 8.65. The smallest absolute Gasteiger partial charge is 0.240 e. The van der Waals surface area contributed by atoms with E-state index in [1.165, 1.54) is 11.1 Å². The van der Waals surface area contributed by atoms with E-state index in [-0.39, 0.29) is 18.0 Å². The number of hydrogen-bond donors (Lipinski definition) is 1. The van der Waals surface area contributed by atoms with Crippen molar-refractivity contribution >= 4 is 5.91 Å². The second-order valence-electron chi connectivity index (χ2n) is 5.37. The van der Waals surface area contributed by atoms with Crippen LogP contribution < -0.4 is 5.32 Å². The quantitative estimate of drug-likeness (QED) is 0.902. The number of amides is 1. The maximum absolute atomic E-state index is 12.5. The molecule has 1 N–H and O–H groups in total. The van der Waals surface area contributed by atoms with Gasteiger partial charge in [0.05, 0.1) is 12.1 Å². The van der Waals surface area contributed by atoms with Crippen molar-refractivity contribution in [2.24, 2.45) is 0 Å². The number of rotatable bonds is 4. The summed E-state index contributed by atoms with van der Waals surface area (Å²) in [5, 5.41) is 3.29. The first-order chi connectivity index (χ1) is 9.13. The summed E-state index contributed by atoms with van der Waals surface area (Å²) in [6.07, 6.45) is 2.05. The minimum atomic E-state index is 0.00616. The topological polar surface area (TPSA) is 32.3 Å². The van der Waals surface area contributed by atoms with Gasteiger partial charge < -0.3 is 10.2 Å². The molecule has 1 aromatic carbocycles. The largest absolute Gasteiger partial charge is 0.335 e. The number of aryl methyl sites for hydroxylation is 1. The van der Waals surface area contributed by atoms with Gasteiger partial charge in [0.1, 0.15) is 0 Å². The number of likely N-dealkylation sites (tertiary alicyclic amines) is 1. The van der Waals surface area contributed by atoms with Gasteiger partial charge in [0.15, 0.2) is 0 Å². The number of carbonyl (C=O) groups excluding carboxylic acids is 1. The molecule has 0 spiro atoms. The van der Waals surface area contributed by atoms with Crippen molar-refractivity contribution < 1.29 is 4.79 Å². The predicted octanol–water partition coefficient (Wildman–Crippen LogP) is 2.66. The van der Waals surface area contributed by atoms with Gasteiger partial charge in [-0.1, -0.05) is 36.8 Å². The third-order valence-corrected chi connectivity index (χ3v) is 3.95. The summed E-state index contributed by atoms with van der Waals surface area (Å²) in [5.74, 6) is 0.251. The van der Waals surface area contributed by atoms with E-state index < -0.39 is 0 Å². The van der Waals surface area contributed by atoms with Crippen LogP contribution in [-0.4, -0.2) is 29.9 Å². The lowest BCUT2D eigenvalue weighted by atomic mass is 9.99. The lowest BCUT2D eigenvalue weighted by molar-refractivity contribution is -0.138. The van der Waals surface area contributed by atoms with E-state index in [9.17, 15) is 4.79 Å². The maximum Gasteiger partial charge on any atom is 0.240 e. The molecule has 3 nitrogen and oxygen atoms in total. The van der Waals surface area contributed by atoms with Crippen LogP contribution in [0.15, 0.2) is 24.3 Å². The molecule has 1 heterocycles. The van der Waals surface area contributed by atoms with Gasteiger partial charge in [-0.3, -0.25) is 4.79 Å². The number of piperidine rings is 1. The van der Waals surface area contributed by atoms with Gasteiger partial charge in [-0.25, -0.2) is 0 Å². The summed E-state index contributed by atoms with van der Waals surface area (Å²) < 4.78 is 0. The Morgan fingerprint density at radius 1 is 1.37 bits per heavy atom. The fourth-order valence-corrected chi connectivity index (χ4v) is 2.74. The number of nitrogens with one attached hydrogen (secondary N) is 1. The van der Waals surface area contributed by atoms with Crippen molar-refractivity contribution in [1.82, 2.24) is 10.2 Å². The van der Waals surface area contributed by atoms with Crippen molar-refractivity contribution in [3.63, 3.8) is 0 Å². The summed E-state index contributed by atoms with van der Waals surface area (Å²) >= 11 is 0. The van der Waals surface area contributed by atoms with Gasteiger partial charge in [-0.15, -0.1) is 0 Å². The highest BCUT2D eigenvalue weighted by Crippen LogP contribution is 2.25. The highest BCUT2D eigenvalue weighted by molar-refractivity contribution is 5.83. The average molecular weight is 260 g/mol. The number of nitrogens with zero attached hydrogens (tertiary/aromatic N) is 1. The fourth-order valence-electron chi connectivity index (χ4n) is 2.74. The first-order valence-corrected chi connectivity index (χ1v) is 7.24. The molecular formula is C16H24N2O. The van der Waals surface area contributed by atoms with E-state index in [0.29, 0.717) is 0 Å². The molecule has 0 aliphatic carbocycles. The molecule has 104 valence electrons. The molecule has 3 heteroatoms. The zero-order valence-corrected chi connectivity index (χ0v) is 12.1. The van der Waals surface area contributed by atoms with Gasteiger partial charge in [-0.05, 0) is 38.8 Å². The maximum atomic E-state index is 12.5. The first-order valence-electron chi connectivity index (χ1n) is 7.24. The van der Waals surface area contributed by atoms with Crippen LogP contribution in [0.4, 0.5) is 0 Å². The van der Waals surface area contributed by atoms with Crippen LogP contribution in [-0.2, 0) is 4.79 Å². The summed E-state index contributed by atoms with van der Waals surface area (Å²) in [7, 11) is 0. The van der Waals surface area contributed by atoms with Crippen LogP contribution in [0.3, 0.4) is 0 Å². The van der Waals surface area contributed by atoms with Crippen LogP contribution >= 0.6 is 0 Å². The summed E-state index contributed by atoms with van der Waals surface area (Å²) in [5.41, 5.74) is 2.47. The molecule has 1 fully saturated rings. The van der Waals surface area contributed by atoms with Crippen molar-refractivity contribution in [3.8, 4) is 0 Å². The number of hydrogen-bond acceptors (Lipinski definition) is 2. The zero-order valence-electron chi connectivity index (χ0n) is 12.1. The Morgan fingerprint density at radius 2 is 2.05 bits per heavy atom. The Labute approximate surface area is 116 Å². The second-order valence-corrected chi connectivity index (χ2v) is 5.37. The molecule has 19 heavy (non-hydrogen) atoms. The molecule has 1 aliphatic rings. The van der Waals surface area contributed by atoms with Gasteiger partial charge in [0.25, 0.3) is 0 Å². The monoisotopic (exact) mass is 260 g/mol. The lowest BCUT2D eigenvalue weighted by Gasteiger charge is -2.37. The van der Waals surface area contributed by atoms with E-state index in [0.717, 1.165) is 25.9 Å². The van der Waals surface area contributed by atoms with Gasteiger partial charge >= 0.3 is 0 Å². The van der Waals surface area contributed by atoms with Crippen molar-refractivity contribution in [1.29, 1.82) is 0 Å². The molecule has 2 unspecified atom stereocenters. The molecule has 0 radical (unpaired) electrons. The number of likely N-dealkylation sites (N-methyl/N-ethyl adjacent to an activating group) is 1. The Bertz CT molecular complexity index is 425. The fraction of sp³-hybridized carbons (Fsp3) is 0.562.